The number of alkyl halides is 3. The second-order valence-electron chi connectivity index (χ2n) is 4.18. The van der Waals surface area contributed by atoms with E-state index in [1.54, 1.807) is 6.07 Å². The third-order valence-corrected chi connectivity index (χ3v) is 3.55. The second-order valence-corrected chi connectivity index (χ2v) is 5.29. The quantitative estimate of drug-likeness (QED) is 0.841. The molecule has 104 valence electrons. The molecule has 1 aromatic rings. The summed E-state index contributed by atoms with van der Waals surface area (Å²) < 4.78 is 37.2. The van der Waals surface area contributed by atoms with Crippen molar-refractivity contribution in [2.24, 2.45) is 0 Å². The molecule has 0 bridgehead atoms. The highest BCUT2D eigenvalue weighted by atomic mass is 32.2. The van der Waals surface area contributed by atoms with Crippen LogP contribution in [-0.2, 0) is 4.79 Å². The number of hydrogen-bond donors (Lipinski definition) is 2. The Morgan fingerprint density at radius 2 is 2.11 bits per heavy atom. The number of rotatable bonds is 3. The van der Waals surface area contributed by atoms with Crippen LogP contribution in [0.5, 0.6) is 0 Å². The van der Waals surface area contributed by atoms with E-state index in [-0.39, 0.29) is 34.3 Å². The summed E-state index contributed by atoms with van der Waals surface area (Å²) in [7, 11) is 0. The van der Waals surface area contributed by atoms with Gasteiger partial charge in [0.05, 0.1) is 11.7 Å². The van der Waals surface area contributed by atoms with Crippen LogP contribution >= 0.6 is 11.8 Å². The number of thioether (sulfide) groups is 1. The van der Waals surface area contributed by atoms with Crippen LogP contribution in [0.4, 0.5) is 18.9 Å². The van der Waals surface area contributed by atoms with Crippen molar-refractivity contribution in [3.63, 3.8) is 0 Å². The molecule has 19 heavy (non-hydrogen) atoms. The molecule has 0 aromatic heterocycles. The van der Waals surface area contributed by atoms with Gasteiger partial charge in [0.15, 0.2) is 0 Å². The molecular weight excluding hydrogens is 277 g/mol. The number of carbonyl (C=O) groups is 1. The molecule has 1 fully saturated rings. The zero-order chi connectivity index (χ0) is 13.9. The number of hydrogen-bond acceptors (Lipinski definition) is 3. The van der Waals surface area contributed by atoms with Gasteiger partial charge in [-0.05, 0) is 43.3 Å². The van der Waals surface area contributed by atoms with E-state index in [1.807, 2.05) is 0 Å². The minimum atomic E-state index is -4.37. The lowest BCUT2D eigenvalue weighted by Crippen LogP contribution is -2.35. The fourth-order valence-electron chi connectivity index (χ4n) is 1.91. The Morgan fingerprint density at radius 1 is 1.37 bits per heavy atom. The summed E-state index contributed by atoms with van der Waals surface area (Å²) in [5, 5.41) is 5.56. The van der Waals surface area contributed by atoms with Gasteiger partial charge < -0.3 is 10.6 Å². The van der Waals surface area contributed by atoms with Crippen LogP contribution in [0.3, 0.4) is 0 Å². The van der Waals surface area contributed by atoms with E-state index in [2.05, 4.69) is 10.6 Å². The molecule has 1 unspecified atom stereocenters. The van der Waals surface area contributed by atoms with Gasteiger partial charge in [0.25, 0.3) is 0 Å². The number of benzene rings is 1. The Kier molecular flexibility index (Phi) is 4.36. The van der Waals surface area contributed by atoms with Crippen molar-refractivity contribution in [1.29, 1.82) is 0 Å². The Labute approximate surface area is 112 Å². The molecule has 1 heterocycles. The number of halogens is 3. The summed E-state index contributed by atoms with van der Waals surface area (Å²) in [6, 6.07) is 5.61. The highest BCUT2D eigenvalue weighted by Gasteiger charge is 2.31. The third kappa shape index (κ3) is 4.14. The standard InChI is InChI=1S/C12H13F3N2OS/c13-12(14,15)19-10-6-2-1-4-8(10)17-11(18)9-5-3-7-16-9/h1-2,4,6,9,16H,3,5,7H2,(H,17,18). The first-order chi connectivity index (χ1) is 8.96. The second kappa shape index (κ2) is 5.83. The van der Waals surface area contributed by atoms with E-state index in [0.717, 1.165) is 13.0 Å². The molecular formula is C12H13F3N2OS. The Morgan fingerprint density at radius 3 is 2.74 bits per heavy atom. The van der Waals surface area contributed by atoms with Gasteiger partial charge in [-0.15, -0.1) is 0 Å². The Balaban J connectivity index is 2.09. The average molecular weight is 290 g/mol. The molecule has 7 heteroatoms. The van der Waals surface area contributed by atoms with Gasteiger partial charge in [-0.3, -0.25) is 4.79 Å². The average Bonchev–Trinajstić information content (AvgIpc) is 2.83. The van der Waals surface area contributed by atoms with Gasteiger partial charge in [-0.2, -0.15) is 13.2 Å². The van der Waals surface area contributed by atoms with E-state index in [0.29, 0.717) is 6.42 Å². The lowest BCUT2D eigenvalue weighted by molar-refractivity contribution is -0.117. The normalized spacial score (nSPS) is 19.4. The van der Waals surface area contributed by atoms with Gasteiger partial charge in [0, 0.05) is 4.90 Å². The number of amides is 1. The van der Waals surface area contributed by atoms with Crippen molar-refractivity contribution in [3.05, 3.63) is 24.3 Å². The lowest BCUT2D eigenvalue weighted by atomic mass is 10.2. The molecule has 1 amide bonds. The molecule has 0 radical (unpaired) electrons. The maximum atomic E-state index is 12.4. The molecule has 1 aromatic carbocycles. The first-order valence-electron chi connectivity index (χ1n) is 5.85. The first kappa shape index (κ1) is 14.2. The molecule has 2 N–H and O–H groups in total. The Hall–Kier alpha value is -1.21. The molecule has 1 aliphatic heterocycles. The van der Waals surface area contributed by atoms with E-state index in [9.17, 15) is 18.0 Å². The van der Waals surface area contributed by atoms with Crippen molar-refractivity contribution in [1.82, 2.24) is 5.32 Å². The van der Waals surface area contributed by atoms with E-state index < -0.39 is 5.51 Å². The summed E-state index contributed by atoms with van der Waals surface area (Å²) in [6.45, 7) is 0.761. The molecule has 1 atom stereocenters. The fourth-order valence-corrected chi connectivity index (χ4v) is 2.54. The Bertz CT molecular complexity index is 459. The molecule has 2 rings (SSSR count). The first-order valence-corrected chi connectivity index (χ1v) is 6.66. The van der Waals surface area contributed by atoms with Crippen LogP contribution in [0.25, 0.3) is 0 Å². The minimum Gasteiger partial charge on any atom is -0.324 e. The van der Waals surface area contributed by atoms with Gasteiger partial charge in [-0.25, -0.2) is 0 Å². The predicted molar refractivity (Wildman–Crippen MR) is 68.0 cm³/mol. The van der Waals surface area contributed by atoms with E-state index >= 15 is 0 Å². The zero-order valence-electron chi connectivity index (χ0n) is 9.96. The highest BCUT2D eigenvalue weighted by molar-refractivity contribution is 8.00. The molecule has 1 aliphatic rings. The molecule has 0 aliphatic carbocycles. The molecule has 1 saturated heterocycles. The number of anilines is 1. The summed E-state index contributed by atoms with van der Waals surface area (Å²) in [5.41, 5.74) is -4.17. The topological polar surface area (TPSA) is 41.1 Å². The van der Waals surface area contributed by atoms with Crippen LogP contribution in [0.15, 0.2) is 29.2 Å². The summed E-state index contributed by atoms with van der Waals surface area (Å²) in [6.07, 6.45) is 1.61. The van der Waals surface area contributed by atoms with E-state index in [1.165, 1.54) is 18.2 Å². The summed E-state index contributed by atoms with van der Waals surface area (Å²) in [5.74, 6) is -0.285. The van der Waals surface area contributed by atoms with Gasteiger partial charge >= 0.3 is 5.51 Å². The highest BCUT2D eigenvalue weighted by Crippen LogP contribution is 2.40. The van der Waals surface area contributed by atoms with Crippen molar-refractivity contribution in [2.75, 3.05) is 11.9 Å². The molecule has 0 spiro atoms. The SMILES string of the molecule is O=C(Nc1ccccc1SC(F)(F)F)C1CCCN1. The largest absolute Gasteiger partial charge is 0.446 e. The van der Waals surface area contributed by atoms with Gasteiger partial charge in [0.2, 0.25) is 5.91 Å². The van der Waals surface area contributed by atoms with Crippen molar-refractivity contribution in [3.8, 4) is 0 Å². The third-order valence-electron chi connectivity index (χ3n) is 2.75. The number of nitrogens with one attached hydrogen (secondary N) is 2. The van der Waals surface area contributed by atoms with Crippen LogP contribution in [0.2, 0.25) is 0 Å². The fraction of sp³-hybridized carbons (Fsp3) is 0.417. The molecule has 3 nitrogen and oxygen atoms in total. The summed E-state index contributed by atoms with van der Waals surface area (Å²) in [4.78, 5) is 11.9. The summed E-state index contributed by atoms with van der Waals surface area (Å²) >= 11 is -0.223. The van der Waals surface area contributed by atoms with E-state index in [4.69, 9.17) is 0 Å². The van der Waals surface area contributed by atoms with Crippen molar-refractivity contribution < 1.29 is 18.0 Å². The maximum Gasteiger partial charge on any atom is 0.446 e. The lowest BCUT2D eigenvalue weighted by Gasteiger charge is -2.14. The number of carbonyl (C=O) groups excluding carboxylic acids is 1. The zero-order valence-corrected chi connectivity index (χ0v) is 10.8. The van der Waals surface area contributed by atoms with Crippen molar-refractivity contribution >= 4 is 23.4 Å². The van der Waals surface area contributed by atoms with Gasteiger partial charge in [0.1, 0.15) is 0 Å². The van der Waals surface area contributed by atoms with Crippen LogP contribution in [0.1, 0.15) is 12.8 Å². The predicted octanol–water partition coefficient (Wildman–Crippen LogP) is 2.99. The monoisotopic (exact) mass is 290 g/mol. The maximum absolute atomic E-state index is 12.4. The van der Waals surface area contributed by atoms with Crippen LogP contribution in [0, 0.1) is 0 Å². The van der Waals surface area contributed by atoms with Crippen molar-refractivity contribution in [2.45, 2.75) is 29.3 Å². The molecule has 0 saturated carbocycles. The number of para-hydroxylation sites is 1. The van der Waals surface area contributed by atoms with Crippen LogP contribution < -0.4 is 10.6 Å². The smallest absolute Gasteiger partial charge is 0.324 e. The van der Waals surface area contributed by atoms with Crippen LogP contribution in [-0.4, -0.2) is 24.0 Å². The van der Waals surface area contributed by atoms with Gasteiger partial charge in [-0.1, -0.05) is 12.1 Å². The minimum absolute atomic E-state index is 0.00125.